The smallest absolute Gasteiger partial charge is 0.174 e. The summed E-state index contributed by atoms with van der Waals surface area (Å²) >= 11 is 0. The number of pyridine rings is 1. The van der Waals surface area contributed by atoms with Gasteiger partial charge in [-0.05, 0) is 19.1 Å². The van der Waals surface area contributed by atoms with Crippen molar-refractivity contribution in [1.82, 2.24) is 4.98 Å². The molecule has 0 aliphatic rings. The van der Waals surface area contributed by atoms with Gasteiger partial charge in [-0.3, -0.25) is 4.98 Å². The van der Waals surface area contributed by atoms with Crippen molar-refractivity contribution >= 4 is 0 Å². The van der Waals surface area contributed by atoms with Gasteiger partial charge in [0.15, 0.2) is 6.61 Å². The van der Waals surface area contributed by atoms with Crippen LogP contribution in [-0.4, -0.2) is 17.6 Å². The van der Waals surface area contributed by atoms with Gasteiger partial charge in [0.05, 0.1) is 6.20 Å². The molecule has 4 heteroatoms. The second-order valence-corrected chi connectivity index (χ2v) is 3.11. The Kier molecular flexibility index (Phi) is 3.89. The second kappa shape index (κ2) is 5.20. The number of rotatable bonds is 4. The maximum atomic E-state index is 8.29. The largest absolute Gasteiger partial charge is 0.477 e. The van der Waals surface area contributed by atoms with Gasteiger partial charge in [0.1, 0.15) is 11.8 Å². The molecule has 0 aliphatic heterocycles. The van der Waals surface area contributed by atoms with Crippen LogP contribution in [0.15, 0.2) is 18.3 Å². The van der Waals surface area contributed by atoms with E-state index < -0.39 is 0 Å². The molecule has 74 valence electrons. The van der Waals surface area contributed by atoms with E-state index in [2.05, 4.69) is 4.98 Å². The highest BCUT2D eigenvalue weighted by molar-refractivity contribution is 5.20. The molecule has 1 aromatic rings. The maximum absolute atomic E-state index is 8.29. The molecule has 2 N–H and O–H groups in total. The number of nitriles is 1. The lowest BCUT2D eigenvalue weighted by Gasteiger charge is -2.05. The third kappa shape index (κ3) is 3.42. The molecule has 0 aromatic carbocycles. The number of nitrogens with zero attached hydrogens (tertiary/aromatic N) is 2. The van der Waals surface area contributed by atoms with Gasteiger partial charge in [-0.15, -0.1) is 0 Å². The number of hydrogen-bond acceptors (Lipinski definition) is 4. The predicted octanol–water partition coefficient (Wildman–Crippen LogP) is 0.874. The fourth-order valence-electron chi connectivity index (χ4n) is 1.06. The Balaban J connectivity index is 2.56. The van der Waals surface area contributed by atoms with Gasteiger partial charge in [0, 0.05) is 18.2 Å². The zero-order valence-corrected chi connectivity index (χ0v) is 8.10. The summed E-state index contributed by atoms with van der Waals surface area (Å²) in [6.07, 6.45) is 2.35. The summed E-state index contributed by atoms with van der Waals surface area (Å²) in [4.78, 5) is 4.16. The van der Waals surface area contributed by atoms with E-state index >= 15 is 0 Å². The molecule has 1 rings (SSSR count). The Morgan fingerprint density at radius 3 is 2.93 bits per heavy atom. The van der Waals surface area contributed by atoms with Crippen LogP contribution in [0.4, 0.5) is 0 Å². The highest BCUT2D eigenvalue weighted by Crippen LogP contribution is 2.09. The molecule has 0 aliphatic carbocycles. The summed E-state index contributed by atoms with van der Waals surface area (Å²) in [6, 6.07) is 5.65. The van der Waals surface area contributed by atoms with Gasteiger partial charge in [-0.2, -0.15) is 5.26 Å². The summed E-state index contributed by atoms with van der Waals surface area (Å²) in [6.45, 7) is 1.98. The monoisotopic (exact) mass is 191 g/mol. The Morgan fingerprint density at radius 2 is 2.43 bits per heavy atom. The quantitative estimate of drug-likeness (QED) is 0.766. The van der Waals surface area contributed by atoms with E-state index in [0.717, 1.165) is 12.1 Å². The molecule has 1 heterocycles. The van der Waals surface area contributed by atoms with Crippen LogP contribution in [0.25, 0.3) is 0 Å². The molecule has 0 bridgehead atoms. The Morgan fingerprint density at radius 1 is 1.64 bits per heavy atom. The van der Waals surface area contributed by atoms with Crippen LogP contribution in [0.1, 0.15) is 12.6 Å². The number of ether oxygens (including phenoxy) is 1. The van der Waals surface area contributed by atoms with Crippen molar-refractivity contribution in [2.75, 3.05) is 6.61 Å². The number of nitrogens with two attached hydrogens (primary N) is 1. The van der Waals surface area contributed by atoms with E-state index in [9.17, 15) is 0 Å². The van der Waals surface area contributed by atoms with E-state index in [1.807, 2.05) is 19.1 Å². The fraction of sp³-hybridized carbons (Fsp3) is 0.400. The highest BCUT2D eigenvalue weighted by atomic mass is 16.5. The lowest BCUT2D eigenvalue weighted by molar-refractivity contribution is 0.366. The first-order valence-corrected chi connectivity index (χ1v) is 4.42. The zero-order valence-electron chi connectivity index (χ0n) is 8.10. The Bertz CT molecular complexity index is 313. The summed E-state index contributed by atoms with van der Waals surface area (Å²) in [7, 11) is 0. The van der Waals surface area contributed by atoms with Crippen LogP contribution in [-0.2, 0) is 6.42 Å². The average molecular weight is 191 g/mol. The van der Waals surface area contributed by atoms with E-state index in [1.54, 1.807) is 12.3 Å². The van der Waals surface area contributed by atoms with Crippen molar-refractivity contribution in [2.45, 2.75) is 19.4 Å². The van der Waals surface area contributed by atoms with Crippen molar-refractivity contribution < 1.29 is 4.74 Å². The molecule has 0 saturated carbocycles. The van der Waals surface area contributed by atoms with Gasteiger partial charge in [-0.1, -0.05) is 0 Å². The molecular weight excluding hydrogens is 178 g/mol. The highest BCUT2D eigenvalue weighted by Gasteiger charge is 1.99. The van der Waals surface area contributed by atoms with Crippen molar-refractivity contribution in [2.24, 2.45) is 5.73 Å². The number of aromatic nitrogens is 1. The van der Waals surface area contributed by atoms with E-state index in [4.69, 9.17) is 15.7 Å². The standard InChI is InChI=1S/C10H13N3O/c1-8(12)6-9-2-3-10(7-13-9)14-5-4-11/h2-3,7-8H,5-6,12H2,1H3. The molecule has 0 saturated heterocycles. The van der Waals surface area contributed by atoms with Gasteiger partial charge in [0.25, 0.3) is 0 Å². The van der Waals surface area contributed by atoms with E-state index in [-0.39, 0.29) is 12.6 Å². The molecule has 0 amide bonds. The van der Waals surface area contributed by atoms with Crippen LogP contribution in [0.2, 0.25) is 0 Å². The molecule has 0 radical (unpaired) electrons. The van der Waals surface area contributed by atoms with Crippen molar-refractivity contribution in [3.8, 4) is 11.8 Å². The molecule has 14 heavy (non-hydrogen) atoms. The zero-order chi connectivity index (χ0) is 10.4. The Labute approximate surface area is 83.3 Å². The molecule has 0 fully saturated rings. The first-order chi connectivity index (χ1) is 6.72. The first kappa shape index (κ1) is 10.5. The molecular formula is C10H13N3O. The molecule has 4 nitrogen and oxygen atoms in total. The second-order valence-electron chi connectivity index (χ2n) is 3.11. The summed E-state index contributed by atoms with van der Waals surface area (Å²) in [5.41, 5.74) is 6.56. The first-order valence-electron chi connectivity index (χ1n) is 4.42. The molecule has 1 atom stereocenters. The normalized spacial score (nSPS) is 11.8. The summed E-state index contributed by atoms with van der Waals surface area (Å²) in [5, 5.41) is 8.29. The van der Waals surface area contributed by atoms with Crippen molar-refractivity contribution in [3.63, 3.8) is 0 Å². The minimum Gasteiger partial charge on any atom is -0.477 e. The van der Waals surface area contributed by atoms with Crippen LogP contribution >= 0.6 is 0 Å². The minimum absolute atomic E-state index is 0.0499. The Hall–Kier alpha value is -1.60. The lowest BCUT2D eigenvalue weighted by atomic mass is 10.2. The van der Waals surface area contributed by atoms with Gasteiger partial charge in [-0.25, -0.2) is 0 Å². The lowest BCUT2D eigenvalue weighted by Crippen LogP contribution is -2.18. The van der Waals surface area contributed by atoms with Gasteiger partial charge >= 0.3 is 0 Å². The third-order valence-electron chi connectivity index (χ3n) is 1.63. The van der Waals surface area contributed by atoms with Crippen LogP contribution < -0.4 is 10.5 Å². The van der Waals surface area contributed by atoms with Crippen molar-refractivity contribution in [3.05, 3.63) is 24.0 Å². The molecule has 1 unspecified atom stereocenters. The van der Waals surface area contributed by atoms with Crippen LogP contribution in [0.5, 0.6) is 5.75 Å². The van der Waals surface area contributed by atoms with Crippen LogP contribution in [0, 0.1) is 11.3 Å². The van der Waals surface area contributed by atoms with Crippen molar-refractivity contribution in [1.29, 1.82) is 5.26 Å². The topological polar surface area (TPSA) is 71.9 Å². The van der Waals surface area contributed by atoms with E-state index in [1.165, 1.54) is 0 Å². The van der Waals surface area contributed by atoms with Gasteiger partial charge in [0.2, 0.25) is 0 Å². The maximum Gasteiger partial charge on any atom is 0.174 e. The third-order valence-corrected chi connectivity index (χ3v) is 1.63. The average Bonchev–Trinajstić information content (AvgIpc) is 2.16. The SMILES string of the molecule is CC(N)Cc1ccc(OCC#N)cn1. The molecule has 0 spiro atoms. The predicted molar refractivity (Wildman–Crippen MR) is 52.7 cm³/mol. The van der Waals surface area contributed by atoms with Crippen LogP contribution in [0.3, 0.4) is 0 Å². The molecule has 1 aromatic heterocycles. The fourth-order valence-corrected chi connectivity index (χ4v) is 1.06. The summed E-state index contributed by atoms with van der Waals surface area (Å²) < 4.78 is 5.06. The van der Waals surface area contributed by atoms with Gasteiger partial charge < -0.3 is 10.5 Å². The number of hydrogen-bond donors (Lipinski definition) is 1. The van der Waals surface area contributed by atoms with E-state index in [0.29, 0.717) is 5.75 Å². The summed E-state index contributed by atoms with van der Waals surface area (Å²) in [5.74, 6) is 0.611. The minimum atomic E-state index is 0.0499.